The van der Waals surface area contributed by atoms with Crippen molar-refractivity contribution in [1.29, 1.82) is 0 Å². The number of fused-ring (bicyclic) bond motifs is 1. The highest BCUT2D eigenvalue weighted by molar-refractivity contribution is 5.81. The smallest absolute Gasteiger partial charge is 0.283 e. The zero-order valence-corrected chi connectivity index (χ0v) is 22.4. The second-order valence-corrected chi connectivity index (χ2v) is 8.69. The average Bonchev–Trinajstić information content (AvgIpc) is 3.80. The van der Waals surface area contributed by atoms with Gasteiger partial charge < -0.3 is 10.6 Å². The number of nitrogens with zero attached hydrogens (tertiary/aromatic N) is 6. The number of benzene rings is 2. The Balaban J connectivity index is 0.00000172. The lowest BCUT2D eigenvalue weighted by molar-refractivity contribution is 0.559. The standard InChI is InChI=1S/C26H26F2N8O.C2H6/c1-3-20(33-24-22(31-14-29-2)13-30-15-32-24)25-34-21-6-4-5-19(28)23(21)26(37)36(25)35(18-11-12-18)17-9-7-16(27)8-10-17;1-2/h4-10,13-15,18,20H,3,11-12H2,1-2H3,(H,29,31)(H,30,32,33);1-2H3. The summed E-state index contributed by atoms with van der Waals surface area (Å²) >= 11 is 0. The van der Waals surface area contributed by atoms with Gasteiger partial charge in [0.1, 0.15) is 29.0 Å². The molecule has 2 aromatic heterocycles. The van der Waals surface area contributed by atoms with Gasteiger partial charge in [0.15, 0.2) is 11.6 Å². The van der Waals surface area contributed by atoms with Gasteiger partial charge in [0, 0.05) is 7.05 Å². The minimum Gasteiger partial charge on any atom is -0.358 e. The van der Waals surface area contributed by atoms with Gasteiger partial charge >= 0.3 is 0 Å². The summed E-state index contributed by atoms with van der Waals surface area (Å²) in [5.41, 5.74) is 0.923. The molecule has 204 valence electrons. The molecule has 0 saturated heterocycles. The van der Waals surface area contributed by atoms with Gasteiger partial charge in [-0.3, -0.25) is 14.8 Å². The fraction of sp³-hybridized carbons (Fsp3) is 0.321. The van der Waals surface area contributed by atoms with E-state index in [1.165, 1.54) is 41.6 Å². The van der Waals surface area contributed by atoms with Crippen LogP contribution in [0.1, 0.15) is 51.9 Å². The lowest BCUT2D eigenvalue weighted by Crippen LogP contribution is -2.44. The van der Waals surface area contributed by atoms with Gasteiger partial charge in [-0.1, -0.05) is 26.8 Å². The summed E-state index contributed by atoms with van der Waals surface area (Å²) in [6.45, 7) is 5.95. The fourth-order valence-corrected chi connectivity index (χ4v) is 4.23. The number of anilines is 3. The van der Waals surface area contributed by atoms with Gasteiger partial charge in [-0.2, -0.15) is 4.68 Å². The Labute approximate surface area is 225 Å². The minimum atomic E-state index is -0.646. The average molecular weight is 535 g/mol. The van der Waals surface area contributed by atoms with Crippen LogP contribution in [0, 0.1) is 11.6 Å². The molecule has 1 saturated carbocycles. The van der Waals surface area contributed by atoms with Gasteiger partial charge in [0.2, 0.25) is 0 Å². The molecule has 0 bridgehead atoms. The number of halogens is 2. The van der Waals surface area contributed by atoms with Crippen molar-refractivity contribution < 1.29 is 8.78 Å². The van der Waals surface area contributed by atoms with Crippen LogP contribution >= 0.6 is 0 Å². The molecule has 1 unspecified atom stereocenters. The van der Waals surface area contributed by atoms with Crippen molar-refractivity contribution >= 4 is 34.4 Å². The molecule has 0 spiro atoms. The van der Waals surface area contributed by atoms with Crippen molar-refractivity contribution in [1.82, 2.24) is 19.6 Å². The van der Waals surface area contributed by atoms with E-state index >= 15 is 0 Å². The van der Waals surface area contributed by atoms with Gasteiger partial charge in [0.05, 0.1) is 35.8 Å². The highest BCUT2D eigenvalue weighted by atomic mass is 19.1. The van der Waals surface area contributed by atoms with Crippen LogP contribution in [0.2, 0.25) is 0 Å². The first-order valence-electron chi connectivity index (χ1n) is 13.0. The number of aromatic nitrogens is 4. The van der Waals surface area contributed by atoms with Gasteiger partial charge in [-0.05, 0) is 55.7 Å². The van der Waals surface area contributed by atoms with Crippen molar-refractivity contribution in [3.05, 3.63) is 82.8 Å². The van der Waals surface area contributed by atoms with Crippen molar-refractivity contribution in [3.8, 4) is 0 Å². The molecule has 2 N–H and O–H groups in total. The Morgan fingerprint density at radius 3 is 2.59 bits per heavy atom. The van der Waals surface area contributed by atoms with Gasteiger partial charge in [0.25, 0.3) is 5.56 Å². The van der Waals surface area contributed by atoms with E-state index < -0.39 is 17.4 Å². The topological polar surface area (TPSA) is 100 Å². The van der Waals surface area contributed by atoms with Crippen LogP contribution in [-0.4, -0.2) is 39.1 Å². The third-order valence-corrected chi connectivity index (χ3v) is 6.14. The number of aliphatic imine (C=N–C) groups is 1. The van der Waals surface area contributed by atoms with E-state index in [1.807, 2.05) is 20.8 Å². The van der Waals surface area contributed by atoms with Gasteiger partial charge in [-0.25, -0.2) is 23.7 Å². The Morgan fingerprint density at radius 2 is 1.92 bits per heavy atom. The first-order chi connectivity index (χ1) is 19.0. The predicted octanol–water partition coefficient (Wildman–Crippen LogP) is 5.56. The quantitative estimate of drug-likeness (QED) is 0.214. The molecule has 1 aliphatic rings. The minimum absolute atomic E-state index is 0.0116. The molecule has 9 nitrogen and oxygen atoms in total. The molecular formula is C28H32F2N8O. The maximum absolute atomic E-state index is 14.9. The maximum atomic E-state index is 14.9. The lowest BCUT2D eigenvalue weighted by atomic mass is 10.1. The summed E-state index contributed by atoms with van der Waals surface area (Å²) < 4.78 is 30.1. The number of rotatable bonds is 9. The first kappa shape index (κ1) is 27.6. The zero-order chi connectivity index (χ0) is 27.9. The van der Waals surface area contributed by atoms with E-state index in [-0.39, 0.29) is 22.8 Å². The molecule has 4 aromatic rings. The van der Waals surface area contributed by atoms with E-state index in [0.717, 1.165) is 12.8 Å². The summed E-state index contributed by atoms with van der Waals surface area (Å²) in [5.74, 6) is -0.160. The van der Waals surface area contributed by atoms with Crippen molar-refractivity contribution in [2.75, 3.05) is 22.7 Å². The molecule has 5 rings (SSSR count). The predicted molar refractivity (Wildman–Crippen MR) is 151 cm³/mol. The molecule has 1 fully saturated rings. The summed E-state index contributed by atoms with van der Waals surface area (Å²) in [5, 5.41) is 8.09. The Morgan fingerprint density at radius 1 is 1.18 bits per heavy atom. The van der Waals surface area contributed by atoms with E-state index in [9.17, 15) is 13.6 Å². The SMILES string of the molecule is CC.CCC(Nc1ncncc1NC=NC)c1nc2cccc(F)c2c(=O)n1N(c1ccc(F)cc1)C1CC1. The van der Waals surface area contributed by atoms with Crippen LogP contribution < -0.4 is 21.2 Å². The molecule has 2 heterocycles. The van der Waals surface area contributed by atoms with Crippen LogP contribution in [0.15, 0.2) is 64.8 Å². The maximum Gasteiger partial charge on any atom is 0.283 e. The third-order valence-electron chi connectivity index (χ3n) is 6.14. The molecule has 1 aliphatic carbocycles. The Hall–Kier alpha value is -4.41. The highest BCUT2D eigenvalue weighted by Gasteiger charge is 2.35. The van der Waals surface area contributed by atoms with Crippen LogP contribution in [-0.2, 0) is 0 Å². The molecular weight excluding hydrogens is 502 g/mol. The number of hydrogen-bond donors (Lipinski definition) is 2. The molecule has 0 aliphatic heterocycles. The monoisotopic (exact) mass is 534 g/mol. The first-order valence-corrected chi connectivity index (χ1v) is 13.0. The summed E-state index contributed by atoms with van der Waals surface area (Å²) in [6, 6.07) is 9.80. The van der Waals surface area contributed by atoms with Crippen molar-refractivity contribution in [2.24, 2.45) is 4.99 Å². The Kier molecular flexibility index (Phi) is 8.80. The van der Waals surface area contributed by atoms with Crippen LogP contribution in [0.25, 0.3) is 10.9 Å². The van der Waals surface area contributed by atoms with Crippen LogP contribution in [0.3, 0.4) is 0 Å². The molecule has 39 heavy (non-hydrogen) atoms. The fourth-order valence-electron chi connectivity index (χ4n) is 4.23. The molecule has 2 aromatic carbocycles. The summed E-state index contributed by atoms with van der Waals surface area (Å²) in [4.78, 5) is 31.1. The number of nitrogens with one attached hydrogen (secondary N) is 2. The second-order valence-electron chi connectivity index (χ2n) is 8.69. The lowest BCUT2D eigenvalue weighted by Gasteiger charge is -2.31. The van der Waals surface area contributed by atoms with E-state index in [1.54, 1.807) is 36.5 Å². The summed E-state index contributed by atoms with van der Waals surface area (Å²) in [7, 11) is 1.64. The van der Waals surface area contributed by atoms with Crippen molar-refractivity contribution in [3.63, 3.8) is 0 Å². The molecule has 1 atom stereocenters. The van der Waals surface area contributed by atoms with Crippen LogP contribution in [0.4, 0.5) is 26.0 Å². The molecule has 11 heteroatoms. The van der Waals surface area contributed by atoms with Crippen molar-refractivity contribution in [2.45, 2.75) is 52.1 Å². The second kappa shape index (κ2) is 12.4. The highest BCUT2D eigenvalue weighted by Crippen LogP contribution is 2.34. The largest absolute Gasteiger partial charge is 0.358 e. The van der Waals surface area contributed by atoms with E-state index in [2.05, 4.69) is 25.6 Å². The van der Waals surface area contributed by atoms with Crippen LogP contribution in [0.5, 0.6) is 0 Å². The van der Waals surface area contributed by atoms with E-state index in [0.29, 0.717) is 29.4 Å². The zero-order valence-electron chi connectivity index (χ0n) is 22.4. The Bertz CT molecular complexity index is 1500. The summed E-state index contributed by atoms with van der Waals surface area (Å²) in [6.07, 6.45) is 6.73. The number of hydrogen-bond acceptors (Lipinski definition) is 7. The van der Waals surface area contributed by atoms with E-state index in [4.69, 9.17) is 4.98 Å². The van der Waals surface area contributed by atoms with Gasteiger partial charge in [-0.15, -0.1) is 0 Å². The third kappa shape index (κ3) is 5.87. The normalized spacial score (nSPS) is 13.6. The molecule has 0 amide bonds. The molecule has 0 radical (unpaired) electrons.